The zero-order chi connectivity index (χ0) is 16.1. The van der Waals surface area contributed by atoms with Crippen molar-refractivity contribution in [1.82, 2.24) is 5.32 Å². The molecule has 4 heteroatoms. The fourth-order valence-electron chi connectivity index (χ4n) is 2.06. The van der Waals surface area contributed by atoms with Gasteiger partial charge in [0, 0.05) is 5.41 Å². The number of rotatable bonds is 7. The predicted molar refractivity (Wildman–Crippen MR) is 83.3 cm³/mol. The Morgan fingerprint density at radius 2 is 1.55 bits per heavy atom. The molecule has 20 heavy (non-hydrogen) atoms. The minimum Gasteiger partial charge on any atom is -0.345 e. The first kappa shape index (κ1) is 19.1. The fourth-order valence-corrected chi connectivity index (χ4v) is 2.06. The van der Waals surface area contributed by atoms with Crippen LogP contribution in [0.25, 0.3) is 0 Å². The van der Waals surface area contributed by atoms with E-state index in [1.165, 1.54) is 0 Å². The van der Waals surface area contributed by atoms with Gasteiger partial charge < -0.3 is 11.1 Å². The Morgan fingerprint density at radius 3 is 1.95 bits per heavy atom. The van der Waals surface area contributed by atoms with Crippen molar-refractivity contribution >= 4 is 11.7 Å². The van der Waals surface area contributed by atoms with Gasteiger partial charge in [0.2, 0.25) is 5.91 Å². The third-order valence-electron chi connectivity index (χ3n) is 3.61. The lowest BCUT2D eigenvalue weighted by Gasteiger charge is -2.25. The highest BCUT2D eigenvalue weighted by Crippen LogP contribution is 2.17. The smallest absolute Gasteiger partial charge is 0.237 e. The van der Waals surface area contributed by atoms with Gasteiger partial charge in [-0.3, -0.25) is 9.59 Å². The average Bonchev–Trinajstić information content (AvgIpc) is 2.32. The molecule has 0 rings (SSSR count). The van der Waals surface area contributed by atoms with Crippen molar-refractivity contribution < 1.29 is 9.59 Å². The number of amides is 1. The van der Waals surface area contributed by atoms with Gasteiger partial charge in [0.25, 0.3) is 0 Å². The Balaban J connectivity index is 4.42. The Labute approximate surface area is 123 Å². The summed E-state index contributed by atoms with van der Waals surface area (Å²) in [6.45, 7) is 13.6. The van der Waals surface area contributed by atoms with E-state index in [1.807, 2.05) is 27.7 Å². The van der Waals surface area contributed by atoms with E-state index < -0.39 is 17.5 Å². The van der Waals surface area contributed by atoms with E-state index in [0.717, 1.165) is 12.8 Å². The molecule has 118 valence electrons. The summed E-state index contributed by atoms with van der Waals surface area (Å²) in [5.41, 5.74) is 5.52. The van der Waals surface area contributed by atoms with Crippen LogP contribution in [-0.2, 0) is 9.59 Å². The van der Waals surface area contributed by atoms with Crippen molar-refractivity contribution in [2.24, 2.45) is 23.0 Å². The van der Waals surface area contributed by atoms with Gasteiger partial charge in [-0.05, 0) is 25.2 Å². The van der Waals surface area contributed by atoms with Crippen molar-refractivity contribution in [3.05, 3.63) is 0 Å². The van der Waals surface area contributed by atoms with Crippen LogP contribution in [0.2, 0.25) is 0 Å². The Kier molecular flexibility index (Phi) is 7.42. The van der Waals surface area contributed by atoms with Crippen LogP contribution in [0, 0.1) is 17.3 Å². The summed E-state index contributed by atoms with van der Waals surface area (Å²) in [7, 11) is 0. The standard InChI is InChI=1S/C16H32N2O2/c1-10(2)8-9-11(3)13(17)15(20)18-12(4)14(19)16(5,6)7/h10-13H,8-9,17H2,1-7H3,(H,18,20)/t11?,12-,13-/m0/s1. The summed E-state index contributed by atoms with van der Waals surface area (Å²) in [5, 5.41) is 2.74. The summed E-state index contributed by atoms with van der Waals surface area (Å²) in [6, 6.07) is -1.05. The second-order valence-corrected chi connectivity index (χ2v) is 7.32. The first-order chi connectivity index (χ1) is 8.96. The van der Waals surface area contributed by atoms with Gasteiger partial charge in [-0.15, -0.1) is 0 Å². The monoisotopic (exact) mass is 284 g/mol. The molecule has 0 radical (unpaired) electrons. The largest absolute Gasteiger partial charge is 0.345 e. The number of nitrogens with two attached hydrogens (primary N) is 1. The molecule has 1 amide bonds. The maximum absolute atomic E-state index is 12.1. The molecule has 0 aliphatic carbocycles. The molecule has 4 nitrogen and oxygen atoms in total. The summed E-state index contributed by atoms with van der Waals surface area (Å²) in [4.78, 5) is 24.1. The Morgan fingerprint density at radius 1 is 1.05 bits per heavy atom. The highest BCUT2D eigenvalue weighted by Gasteiger charge is 2.29. The number of Topliss-reactive ketones (excluding diaryl/α,β-unsaturated/α-hetero) is 1. The molecule has 0 aromatic heterocycles. The number of carbonyl (C=O) groups is 2. The third-order valence-corrected chi connectivity index (χ3v) is 3.61. The van der Waals surface area contributed by atoms with Crippen LogP contribution in [0.3, 0.4) is 0 Å². The average molecular weight is 284 g/mol. The molecule has 0 aromatic rings. The van der Waals surface area contributed by atoms with Crippen molar-refractivity contribution in [2.45, 2.75) is 73.4 Å². The topological polar surface area (TPSA) is 72.2 Å². The summed E-state index contributed by atoms with van der Waals surface area (Å²) in [5.74, 6) is 0.516. The van der Waals surface area contributed by atoms with Crippen molar-refractivity contribution in [1.29, 1.82) is 0 Å². The zero-order valence-corrected chi connectivity index (χ0v) is 14.1. The highest BCUT2D eigenvalue weighted by atomic mass is 16.2. The molecule has 3 atom stereocenters. The van der Waals surface area contributed by atoms with Gasteiger partial charge in [-0.2, -0.15) is 0 Å². The second-order valence-electron chi connectivity index (χ2n) is 7.32. The molecule has 3 N–H and O–H groups in total. The zero-order valence-electron chi connectivity index (χ0n) is 14.1. The molecule has 0 fully saturated rings. The number of ketones is 1. The highest BCUT2D eigenvalue weighted by molar-refractivity contribution is 5.93. The Hall–Kier alpha value is -0.900. The van der Waals surface area contributed by atoms with E-state index in [0.29, 0.717) is 5.92 Å². The van der Waals surface area contributed by atoms with Crippen molar-refractivity contribution in [3.63, 3.8) is 0 Å². The van der Waals surface area contributed by atoms with E-state index in [-0.39, 0.29) is 17.6 Å². The number of hydrogen-bond acceptors (Lipinski definition) is 3. The van der Waals surface area contributed by atoms with E-state index in [1.54, 1.807) is 6.92 Å². The SMILES string of the molecule is CC(C)CCC(C)[C@H](N)C(=O)N[C@@H](C)C(=O)C(C)(C)C. The summed E-state index contributed by atoms with van der Waals surface area (Å²) in [6.07, 6.45) is 1.98. The number of hydrogen-bond donors (Lipinski definition) is 2. The molecule has 0 aromatic carbocycles. The van der Waals surface area contributed by atoms with Crippen LogP contribution in [-0.4, -0.2) is 23.8 Å². The molecule has 0 aliphatic rings. The van der Waals surface area contributed by atoms with Crippen LogP contribution in [0.1, 0.15) is 61.3 Å². The molecule has 0 aliphatic heterocycles. The molecule has 0 bridgehead atoms. The predicted octanol–water partition coefficient (Wildman–Crippen LogP) is 2.51. The van der Waals surface area contributed by atoms with Gasteiger partial charge in [0.15, 0.2) is 5.78 Å². The van der Waals surface area contributed by atoms with Crippen molar-refractivity contribution in [3.8, 4) is 0 Å². The van der Waals surface area contributed by atoms with Gasteiger partial charge in [0.1, 0.15) is 0 Å². The molecular weight excluding hydrogens is 252 g/mol. The normalized spacial score (nSPS) is 16.6. The van der Waals surface area contributed by atoms with E-state index >= 15 is 0 Å². The lowest BCUT2D eigenvalue weighted by atomic mass is 9.86. The van der Waals surface area contributed by atoms with Crippen LogP contribution in [0.4, 0.5) is 0 Å². The van der Waals surface area contributed by atoms with E-state index in [2.05, 4.69) is 19.2 Å². The summed E-state index contributed by atoms with van der Waals surface area (Å²) < 4.78 is 0. The van der Waals surface area contributed by atoms with Crippen LogP contribution in [0.15, 0.2) is 0 Å². The molecule has 0 saturated carbocycles. The van der Waals surface area contributed by atoms with Gasteiger partial charge in [-0.25, -0.2) is 0 Å². The second kappa shape index (κ2) is 7.77. The van der Waals surface area contributed by atoms with Gasteiger partial charge >= 0.3 is 0 Å². The third kappa shape index (κ3) is 6.51. The maximum atomic E-state index is 12.1. The quantitative estimate of drug-likeness (QED) is 0.754. The minimum absolute atomic E-state index is 0.0212. The molecule has 0 saturated heterocycles. The molecule has 0 spiro atoms. The van der Waals surface area contributed by atoms with Crippen molar-refractivity contribution in [2.75, 3.05) is 0 Å². The molecule has 1 unspecified atom stereocenters. The van der Waals surface area contributed by atoms with Crippen LogP contribution >= 0.6 is 0 Å². The number of carbonyl (C=O) groups excluding carboxylic acids is 2. The minimum atomic E-state index is -0.552. The van der Waals surface area contributed by atoms with Gasteiger partial charge in [0.05, 0.1) is 12.1 Å². The molecular formula is C16H32N2O2. The fraction of sp³-hybridized carbons (Fsp3) is 0.875. The van der Waals surface area contributed by atoms with Crippen LogP contribution < -0.4 is 11.1 Å². The lowest BCUT2D eigenvalue weighted by Crippen LogP contribution is -2.51. The van der Waals surface area contributed by atoms with Gasteiger partial charge in [-0.1, -0.05) is 48.0 Å². The van der Waals surface area contributed by atoms with E-state index in [4.69, 9.17) is 5.73 Å². The summed E-state index contributed by atoms with van der Waals surface area (Å²) >= 11 is 0. The molecule has 0 heterocycles. The number of nitrogens with one attached hydrogen (secondary N) is 1. The first-order valence-corrected chi connectivity index (χ1v) is 7.57. The first-order valence-electron chi connectivity index (χ1n) is 7.57. The Bertz CT molecular complexity index is 332. The maximum Gasteiger partial charge on any atom is 0.237 e. The van der Waals surface area contributed by atoms with Crippen LogP contribution in [0.5, 0.6) is 0 Å². The van der Waals surface area contributed by atoms with E-state index in [9.17, 15) is 9.59 Å². The lowest BCUT2D eigenvalue weighted by molar-refractivity contribution is -0.132.